The molecule has 6 aliphatic rings. The number of aliphatic carboxylic acids is 1. The van der Waals surface area contributed by atoms with Crippen molar-refractivity contribution in [2.45, 2.75) is 38.8 Å². The first-order valence-corrected chi connectivity index (χ1v) is 16.3. The lowest BCUT2D eigenvalue weighted by Crippen LogP contribution is -2.76. The van der Waals surface area contributed by atoms with Crippen molar-refractivity contribution in [2.75, 3.05) is 59.0 Å². The fourth-order valence-electron chi connectivity index (χ4n) is 8.86. The van der Waals surface area contributed by atoms with Gasteiger partial charge in [-0.25, -0.2) is 0 Å². The smallest absolute Gasteiger partial charge is 0.272 e. The number of quaternary nitrogens is 2. The van der Waals surface area contributed by atoms with Crippen LogP contribution in [0, 0.1) is 11.8 Å². The molecule has 1 aliphatic carbocycles. The number of carboxylic acids is 1. The highest BCUT2D eigenvalue weighted by molar-refractivity contribution is 6.22. The van der Waals surface area contributed by atoms with Crippen LogP contribution >= 0.6 is 0 Å². The van der Waals surface area contributed by atoms with Crippen molar-refractivity contribution in [1.82, 2.24) is 4.90 Å². The summed E-state index contributed by atoms with van der Waals surface area (Å²) in [4.78, 5) is 51.2. The fourth-order valence-corrected chi connectivity index (χ4v) is 8.86. The molecule has 46 heavy (non-hydrogen) atoms. The van der Waals surface area contributed by atoms with Crippen molar-refractivity contribution in [3.8, 4) is 16.9 Å². The van der Waals surface area contributed by atoms with E-state index < -0.39 is 29.9 Å². The van der Waals surface area contributed by atoms with Crippen molar-refractivity contribution in [3.05, 3.63) is 64.4 Å². The average Bonchev–Trinajstić information content (AvgIpc) is 3.44. The average molecular weight is 630 g/mol. The van der Waals surface area contributed by atoms with Crippen LogP contribution in [0.1, 0.15) is 41.8 Å². The number of fused-ring (bicyclic) bond motifs is 7. The minimum absolute atomic E-state index is 0.0619. The van der Waals surface area contributed by atoms with E-state index in [1.54, 1.807) is 18.2 Å². The fraction of sp³-hybridized carbons (Fsp3) is 0.486. The van der Waals surface area contributed by atoms with Gasteiger partial charge in [0.15, 0.2) is 12.3 Å². The third kappa shape index (κ3) is 4.75. The molecular weight excluding hydrogens is 588 g/mol. The van der Waals surface area contributed by atoms with Crippen LogP contribution in [0.15, 0.2) is 47.7 Å². The molecule has 3 unspecified atom stereocenters. The van der Waals surface area contributed by atoms with E-state index in [4.69, 9.17) is 10.5 Å². The molecule has 11 nitrogen and oxygen atoms in total. The van der Waals surface area contributed by atoms with E-state index in [0.29, 0.717) is 34.6 Å². The molecule has 11 heteroatoms. The van der Waals surface area contributed by atoms with Crippen molar-refractivity contribution in [1.29, 1.82) is 0 Å². The zero-order valence-electron chi connectivity index (χ0n) is 26.4. The van der Waals surface area contributed by atoms with Gasteiger partial charge in [-0.2, -0.15) is 0 Å². The molecule has 3 N–H and O–H groups in total. The van der Waals surface area contributed by atoms with Crippen LogP contribution in [0.3, 0.4) is 0 Å². The summed E-state index contributed by atoms with van der Waals surface area (Å²) in [6, 6.07) is 10.9. The molecule has 0 aromatic heterocycles. The molecule has 2 bridgehead atoms. The van der Waals surface area contributed by atoms with Crippen LogP contribution in [0.25, 0.3) is 11.1 Å². The summed E-state index contributed by atoms with van der Waals surface area (Å²) in [5, 5.41) is 22.2. The van der Waals surface area contributed by atoms with Crippen LogP contribution in [-0.4, -0.2) is 114 Å². The normalized spacial score (nSPS) is 29.7. The predicted molar refractivity (Wildman–Crippen MR) is 165 cm³/mol. The molecule has 0 radical (unpaired) electrons. The van der Waals surface area contributed by atoms with Crippen LogP contribution in [-0.2, 0) is 20.8 Å². The highest BCUT2D eigenvalue weighted by Gasteiger charge is 2.58. The Morgan fingerprint density at radius 3 is 2.39 bits per heavy atom. The summed E-state index contributed by atoms with van der Waals surface area (Å²) in [5.41, 5.74) is 9.54. The van der Waals surface area contributed by atoms with Crippen LogP contribution in [0.2, 0.25) is 0 Å². The van der Waals surface area contributed by atoms with Crippen molar-refractivity contribution in [3.63, 3.8) is 0 Å². The number of aliphatic hydroxyl groups is 1. The number of carbonyl (C=O) groups excluding carboxylic acids is 4. The summed E-state index contributed by atoms with van der Waals surface area (Å²) in [5.74, 6) is -2.68. The lowest BCUT2D eigenvalue weighted by atomic mass is 9.78. The van der Waals surface area contributed by atoms with Crippen LogP contribution < -0.4 is 15.6 Å². The molecule has 5 heterocycles. The number of nitrogens with zero attached hydrogens (tertiary/aromatic N) is 3. The number of aliphatic hydroxyl groups excluding tert-OH is 1. The van der Waals surface area contributed by atoms with E-state index in [9.17, 15) is 29.4 Å². The largest absolute Gasteiger partial charge is 0.543 e. The maximum atomic E-state index is 13.6. The highest BCUT2D eigenvalue weighted by atomic mass is 16.5. The molecule has 0 saturated carbocycles. The molecule has 2 aromatic carbocycles. The number of aryl methyl sites for hydroxylation is 1. The zero-order valence-corrected chi connectivity index (χ0v) is 26.4. The Morgan fingerprint density at radius 1 is 1.04 bits per heavy atom. The molecule has 4 atom stereocenters. The lowest BCUT2D eigenvalue weighted by molar-refractivity contribution is -1.08. The van der Waals surface area contributed by atoms with Gasteiger partial charge < -0.3 is 39.3 Å². The number of carboxylic acid groups (broad SMARTS) is 1. The second-order valence-electron chi connectivity index (χ2n) is 14.1. The molecule has 2 aromatic rings. The van der Waals surface area contributed by atoms with Crippen LogP contribution in [0.4, 0.5) is 0 Å². The van der Waals surface area contributed by atoms with Gasteiger partial charge in [-0.15, -0.1) is 0 Å². The van der Waals surface area contributed by atoms with Gasteiger partial charge in [-0.05, 0) is 42.2 Å². The lowest BCUT2D eigenvalue weighted by Gasteiger charge is -2.55. The Morgan fingerprint density at radius 2 is 1.74 bits per heavy atom. The van der Waals surface area contributed by atoms with Crippen molar-refractivity contribution in [2.24, 2.45) is 17.6 Å². The monoisotopic (exact) mass is 629 g/mol. The maximum absolute atomic E-state index is 13.6. The minimum Gasteiger partial charge on any atom is -0.543 e. The predicted octanol–water partition coefficient (Wildman–Crippen LogP) is 0.217. The van der Waals surface area contributed by atoms with E-state index in [1.165, 1.54) is 11.8 Å². The molecular formula is C35H41N4O7+. The van der Waals surface area contributed by atoms with Gasteiger partial charge in [-0.1, -0.05) is 31.2 Å². The molecule has 2 amide bonds. The highest BCUT2D eigenvalue weighted by Crippen LogP contribution is 2.48. The Labute approximate surface area is 268 Å². The first-order valence-electron chi connectivity index (χ1n) is 16.3. The van der Waals surface area contributed by atoms with Gasteiger partial charge in [0.1, 0.15) is 51.6 Å². The van der Waals surface area contributed by atoms with Crippen molar-refractivity contribution < 1.29 is 43.1 Å². The van der Waals surface area contributed by atoms with Gasteiger partial charge in [0, 0.05) is 29.0 Å². The number of carbonyl (C=O) groups is 4. The molecule has 5 aliphatic heterocycles. The standard InChI is InChI=1S/C35H40N4O7/c1-20-26(32(35(44)45)37-31(20)29(21(2)40)34(37)43)19-46-27-7-3-6-24-30(27)23-9-8-22(17-25(23)33(24)42)5-4-10-38-11-14-39(15-12-38,16-13-38)18-28(36)41/h3,6-9,17,20-21,29,31,40H,4-5,10-16,18-19H2,1-2H3,(H-2,36,41,44,45)/p+1/t20-,21?,29?,31?,38?,39?/m0/s1. The number of rotatable bonds is 11. The summed E-state index contributed by atoms with van der Waals surface area (Å²) < 4.78 is 8.16. The van der Waals surface area contributed by atoms with E-state index >= 15 is 0 Å². The maximum Gasteiger partial charge on any atom is 0.272 e. The van der Waals surface area contributed by atoms with Gasteiger partial charge in [-0.3, -0.25) is 14.4 Å². The first kappa shape index (κ1) is 30.6. The van der Waals surface area contributed by atoms with Gasteiger partial charge in [0.2, 0.25) is 5.91 Å². The van der Waals surface area contributed by atoms with Gasteiger partial charge in [0.25, 0.3) is 5.91 Å². The number of primary amides is 1. The molecule has 4 fully saturated rings. The minimum atomic E-state index is -1.45. The number of ether oxygens (including phenoxy) is 1. The van der Waals surface area contributed by atoms with E-state index in [2.05, 4.69) is 6.07 Å². The number of nitrogens with two attached hydrogens (primary N) is 1. The number of benzene rings is 2. The number of hydrogen-bond acceptors (Lipinski definition) is 7. The third-order valence-corrected chi connectivity index (χ3v) is 11.5. The van der Waals surface area contributed by atoms with E-state index in [0.717, 1.165) is 78.7 Å². The van der Waals surface area contributed by atoms with E-state index in [-0.39, 0.29) is 29.9 Å². The topological polar surface area (TPSA) is 150 Å². The molecule has 0 spiro atoms. The second kappa shape index (κ2) is 11.0. The summed E-state index contributed by atoms with van der Waals surface area (Å²) >= 11 is 0. The quantitative estimate of drug-likeness (QED) is 0.228. The summed E-state index contributed by atoms with van der Waals surface area (Å²) in [6.07, 6.45) is 0.976. The number of hydrogen-bond donors (Lipinski definition) is 2. The number of amides is 2. The molecule has 8 rings (SSSR count). The van der Waals surface area contributed by atoms with Gasteiger partial charge >= 0.3 is 0 Å². The Balaban J connectivity index is 1.05. The van der Waals surface area contributed by atoms with Gasteiger partial charge in [0.05, 0.1) is 36.3 Å². The van der Waals surface area contributed by atoms with Crippen LogP contribution in [0.5, 0.6) is 5.75 Å². The number of ketones is 1. The first-order chi connectivity index (χ1) is 21.9. The Bertz CT molecular complexity index is 1670. The number of piperazine rings is 3. The number of β-lactam (4-membered cyclic amide) rings is 1. The Hall–Kier alpha value is -4.06. The Kier molecular flexibility index (Phi) is 7.34. The molecule has 242 valence electrons. The van der Waals surface area contributed by atoms with Crippen molar-refractivity contribution >= 4 is 23.6 Å². The summed E-state index contributed by atoms with van der Waals surface area (Å²) in [7, 11) is 0. The van der Waals surface area contributed by atoms with E-state index in [1.807, 2.05) is 19.1 Å². The summed E-state index contributed by atoms with van der Waals surface area (Å²) in [6.45, 7) is 11.0. The zero-order chi connectivity index (χ0) is 32.5. The SMILES string of the molecule is CC(O)C1C(=O)N2C(C(=O)[O-])=C(COc3cccc4c3-c3ccc(CCC[N+]56CC[N+](CC(N)=O)(CC5)CC6)cc3C4=O)[C@H](C)C12. The third-order valence-electron chi connectivity index (χ3n) is 11.5. The second-order valence-corrected chi connectivity index (χ2v) is 14.1. The molecule has 4 saturated heterocycles.